The Labute approximate surface area is 138 Å². The van der Waals surface area contributed by atoms with Crippen molar-refractivity contribution in [2.75, 3.05) is 0 Å². The summed E-state index contributed by atoms with van der Waals surface area (Å²) in [5.74, 6) is -0.0483. The topological polar surface area (TPSA) is 42.0 Å². The second-order valence-corrected chi connectivity index (χ2v) is 6.63. The minimum Gasteiger partial charge on any atom is -0.351 e. The second-order valence-electron chi connectivity index (χ2n) is 4.41. The molecule has 110 valence electrons. The van der Waals surface area contributed by atoms with Gasteiger partial charge in [-0.25, -0.2) is 0 Å². The molecule has 1 amide bonds. The zero-order valence-electron chi connectivity index (χ0n) is 11.3. The highest BCUT2D eigenvalue weighted by Gasteiger charge is 2.15. The molecule has 1 aromatic heterocycles. The van der Waals surface area contributed by atoms with Crippen molar-refractivity contribution in [1.29, 1.82) is 0 Å². The number of aromatic nitrogens is 1. The number of rotatable bonds is 5. The molecule has 0 aliphatic carbocycles. The molecule has 1 heterocycles. The third-order valence-corrected chi connectivity index (χ3v) is 4.62. The van der Waals surface area contributed by atoms with Gasteiger partial charge in [0, 0.05) is 28.9 Å². The third kappa shape index (κ3) is 4.92. The molecule has 2 rings (SSSR count). The van der Waals surface area contributed by atoms with Crippen LogP contribution in [-0.2, 0) is 11.3 Å². The van der Waals surface area contributed by atoms with Crippen molar-refractivity contribution in [1.82, 2.24) is 10.3 Å². The molecule has 21 heavy (non-hydrogen) atoms. The number of amides is 1. The number of nitrogens with zero attached hydrogens (tertiary/aromatic N) is 1. The van der Waals surface area contributed by atoms with Gasteiger partial charge in [0.1, 0.15) is 0 Å². The van der Waals surface area contributed by atoms with Crippen molar-refractivity contribution < 1.29 is 4.79 Å². The van der Waals surface area contributed by atoms with E-state index < -0.39 is 0 Å². The lowest BCUT2D eigenvalue weighted by Gasteiger charge is -2.13. The molecule has 0 saturated carbocycles. The second kappa shape index (κ2) is 7.69. The number of nitrogens with one attached hydrogen (secondary N) is 1. The maximum atomic E-state index is 12.1. The van der Waals surface area contributed by atoms with Gasteiger partial charge < -0.3 is 5.32 Å². The van der Waals surface area contributed by atoms with E-state index in [-0.39, 0.29) is 11.2 Å². The molecule has 0 radical (unpaired) electrons. The first-order chi connectivity index (χ1) is 10.1. The monoisotopic (exact) mass is 340 g/mol. The van der Waals surface area contributed by atoms with E-state index in [2.05, 4.69) is 10.3 Å². The number of pyridine rings is 1. The van der Waals surface area contributed by atoms with Crippen molar-refractivity contribution in [3.05, 3.63) is 58.3 Å². The molecular weight excluding hydrogens is 327 g/mol. The zero-order valence-corrected chi connectivity index (χ0v) is 13.7. The first-order valence-electron chi connectivity index (χ1n) is 6.34. The molecule has 0 saturated heterocycles. The highest BCUT2D eigenvalue weighted by atomic mass is 35.5. The first-order valence-corrected chi connectivity index (χ1v) is 7.98. The normalized spacial score (nSPS) is 12.0. The average molecular weight is 341 g/mol. The van der Waals surface area contributed by atoms with Crippen LogP contribution >= 0.6 is 35.0 Å². The Morgan fingerprint density at radius 2 is 2.00 bits per heavy atom. The predicted octanol–water partition coefficient (Wildman–Crippen LogP) is 4.19. The number of hydrogen-bond donors (Lipinski definition) is 1. The van der Waals surface area contributed by atoms with Crippen LogP contribution in [0.1, 0.15) is 12.5 Å². The maximum Gasteiger partial charge on any atom is 0.233 e. The van der Waals surface area contributed by atoms with Gasteiger partial charge in [0.15, 0.2) is 0 Å². The molecule has 0 aliphatic rings. The van der Waals surface area contributed by atoms with Crippen LogP contribution < -0.4 is 5.32 Å². The van der Waals surface area contributed by atoms with Gasteiger partial charge in [0.2, 0.25) is 5.91 Å². The number of benzene rings is 1. The van der Waals surface area contributed by atoms with Gasteiger partial charge in [0.05, 0.1) is 10.3 Å². The molecular formula is C15H14Cl2N2OS. The third-order valence-electron chi connectivity index (χ3n) is 2.78. The Kier molecular flexibility index (Phi) is 5.91. The van der Waals surface area contributed by atoms with Crippen molar-refractivity contribution in [2.24, 2.45) is 0 Å². The van der Waals surface area contributed by atoms with E-state index in [9.17, 15) is 4.79 Å². The lowest BCUT2D eigenvalue weighted by atomic mass is 10.2. The highest BCUT2D eigenvalue weighted by Crippen LogP contribution is 2.32. The van der Waals surface area contributed by atoms with E-state index in [1.54, 1.807) is 30.6 Å². The fourth-order valence-electron chi connectivity index (χ4n) is 1.65. The average Bonchev–Trinajstić information content (AvgIpc) is 2.49. The van der Waals surface area contributed by atoms with Crippen LogP contribution in [0.2, 0.25) is 10.0 Å². The molecule has 0 fully saturated rings. The molecule has 0 aliphatic heterocycles. The summed E-state index contributed by atoms with van der Waals surface area (Å²) in [6.45, 7) is 2.32. The quantitative estimate of drug-likeness (QED) is 0.830. The van der Waals surface area contributed by atoms with Crippen LogP contribution in [0, 0.1) is 0 Å². The van der Waals surface area contributed by atoms with Gasteiger partial charge in [-0.2, -0.15) is 0 Å². The van der Waals surface area contributed by atoms with Crippen LogP contribution in [0.25, 0.3) is 0 Å². The smallest absolute Gasteiger partial charge is 0.233 e. The van der Waals surface area contributed by atoms with Gasteiger partial charge in [0.25, 0.3) is 0 Å². The van der Waals surface area contributed by atoms with E-state index in [1.165, 1.54) is 11.8 Å². The Balaban J connectivity index is 1.92. The van der Waals surface area contributed by atoms with E-state index in [4.69, 9.17) is 23.2 Å². The van der Waals surface area contributed by atoms with Crippen molar-refractivity contribution in [2.45, 2.75) is 23.6 Å². The summed E-state index contributed by atoms with van der Waals surface area (Å²) >= 11 is 13.4. The van der Waals surface area contributed by atoms with Gasteiger partial charge in [-0.15, -0.1) is 11.8 Å². The number of carbonyl (C=O) groups excluding carboxylic acids is 1. The standard InChI is InChI=1S/C15H14Cl2N2OS/c1-10(21-14-8-12(16)2-3-13(14)17)15(20)19-9-11-4-6-18-7-5-11/h2-8,10H,9H2,1H3,(H,19,20). The van der Waals surface area contributed by atoms with E-state index in [0.29, 0.717) is 16.6 Å². The predicted molar refractivity (Wildman–Crippen MR) is 87.9 cm³/mol. The minimum atomic E-state index is -0.261. The summed E-state index contributed by atoms with van der Waals surface area (Å²) in [5.41, 5.74) is 1.01. The van der Waals surface area contributed by atoms with E-state index in [1.807, 2.05) is 19.1 Å². The molecule has 1 aromatic carbocycles. The van der Waals surface area contributed by atoms with E-state index in [0.717, 1.165) is 10.5 Å². The Morgan fingerprint density at radius 1 is 1.29 bits per heavy atom. The summed E-state index contributed by atoms with van der Waals surface area (Å²) in [6.07, 6.45) is 3.40. The minimum absolute atomic E-state index is 0.0483. The summed E-state index contributed by atoms with van der Waals surface area (Å²) < 4.78 is 0. The summed E-state index contributed by atoms with van der Waals surface area (Å²) in [5, 5.41) is 3.83. The summed E-state index contributed by atoms with van der Waals surface area (Å²) in [7, 11) is 0. The van der Waals surface area contributed by atoms with Gasteiger partial charge in [-0.3, -0.25) is 9.78 Å². The first kappa shape index (κ1) is 16.1. The maximum absolute atomic E-state index is 12.1. The van der Waals surface area contributed by atoms with Crippen molar-refractivity contribution >= 4 is 40.9 Å². The number of halogens is 2. The number of thioether (sulfide) groups is 1. The molecule has 1 atom stereocenters. The fraction of sp³-hybridized carbons (Fsp3) is 0.200. The van der Waals surface area contributed by atoms with Gasteiger partial charge in [-0.1, -0.05) is 23.2 Å². The fourth-order valence-corrected chi connectivity index (χ4v) is 3.08. The van der Waals surface area contributed by atoms with Crippen molar-refractivity contribution in [3.63, 3.8) is 0 Å². The summed E-state index contributed by atoms with van der Waals surface area (Å²) in [6, 6.07) is 8.95. The molecule has 6 heteroatoms. The van der Waals surface area contributed by atoms with Crippen LogP contribution in [0.4, 0.5) is 0 Å². The molecule has 1 N–H and O–H groups in total. The van der Waals surface area contributed by atoms with Crippen LogP contribution in [0.5, 0.6) is 0 Å². The van der Waals surface area contributed by atoms with Crippen molar-refractivity contribution in [3.8, 4) is 0 Å². The summed E-state index contributed by atoms with van der Waals surface area (Å²) in [4.78, 5) is 16.8. The molecule has 0 spiro atoms. The Bertz CT molecular complexity index is 622. The van der Waals surface area contributed by atoms with Crippen LogP contribution in [0.3, 0.4) is 0 Å². The van der Waals surface area contributed by atoms with Gasteiger partial charge in [-0.05, 0) is 42.8 Å². The molecule has 2 aromatic rings. The van der Waals surface area contributed by atoms with Gasteiger partial charge >= 0.3 is 0 Å². The number of carbonyl (C=O) groups is 1. The lowest BCUT2D eigenvalue weighted by Crippen LogP contribution is -2.30. The molecule has 3 nitrogen and oxygen atoms in total. The molecule has 1 unspecified atom stereocenters. The SMILES string of the molecule is CC(Sc1cc(Cl)ccc1Cl)C(=O)NCc1ccncc1. The molecule has 0 bridgehead atoms. The highest BCUT2D eigenvalue weighted by molar-refractivity contribution is 8.00. The Hall–Kier alpha value is -1.23. The number of hydrogen-bond acceptors (Lipinski definition) is 3. The van der Waals surface area contributed by atoms with Crippen LogP contribution in [-0.4, -0.2) is 16.1 Å². The zero-order chi connectivity index (χ0) is 15.2. The van der Waals surface area contributed by atoms with Crippen LogP contribution in [0.15, 0.2) is 47.6 Å². The van der Waals surface area contributed by atoms with E-state index >= 15 is 0 Å². The lowest BCUT2D eigenvalue weighted by molar-refractivity contribution is -0.120. The largest absolute Gasteiger partial charge is 0.351 e. The Morgan fingerprint density at radius 3 is 2.71 bits per heavy atom.